The van der Waals surface area contributed by atoms with E-state index in [9.17, 15) is 19.8 Å². The molecule has 5 rings (SSSR count). The van der Waals surface area contributed by atoms with Crippen molar-refractivity contribution in [2.75, 3.05) is 6.61 Å². The number of carbonyl (C=O) groups is 2. The van der Waals surface area contributed by atoms with Crippen molar-refractivity contribution in [1.29, 1.82) is 0 Å². The molecule has 0 spiro atoms. The highest BCUT2D eigenvalue weighted by atomic mass is 16.6. The minimum Gasteiger partial charge on any atom is -0.481 e. The molecule has 1 fully saturated rings. The Labute approximate surface area is 281 Å². The van der Waals surface area contributed by atoms with Crippen molar-refractivity contribution in [3.8, 4) is 0 Å². The third-order valence-electron chi connectivity index (χ3n) is 8.32. The monoisotopic (exact) mass is 654 g/mol. The highest BCUT2D eigenvalue weighted by Gasteiger charge is 2.48. The molecule has 4 aromatic carbocycles. The molecule has 0 aliphatic carbocycles. The number of rotatable bonds is 18. The van der Waals surface area contributed by atoms with Crippen molar-refractivity contribution in [2.24, 2.45) is 5.92 Å². The van der Waals surface area contributed by atoms with Crippen molar-refractivity contribution < 1.29 is 43.5 Å². The molecule has 48 heavy (non-hydrogen) atoms. The van der Waals surface area contributed by atoms with E-state index in [1.165, 1.54) is 0 Å². The maximum atomic E-state index is 11.8. The van der Waals surface area contributed by atoms with Crippen LogP contribution >= 0.6 is 0 Å². The maximum Gasteiger partial charge on any atom is 0.317 e. The zero-order valence-corrected chi connectivity index (χ0v) is 26.7. The molecule has 9 heteroatoms. The molecule has 1 heterocycles. The van der Waals surface area contributed by atoms with Gasteiger partial charge in [-0.05, 0) is 35.1 Å². The molecule has 0 radical (unpaired) electrons. The lowest BCUT2D eigenvalue weighted by atomic mass is 9.89. The summed E-state index contributed by atoms with van der Waals surface area (Å²) in [4.78, 5) is 23.6. The number of aliphatic carboxylic acids is 2. The van der Waals surface area contributed by atoms with Crippen LogP contribution in [0.3, 0.4) is 0 Å². The van der Waals surface area contributed by atoms with E-state index in [4.69, 9.17) is 23.7 Å². The van der Waals surface area contributed by atoms with Crippen LogP contribution in [-0.2, 0) is 59.7 Å². The second-order valence-corrected chi connectivity index (χ2v) is 11.8. The molecule has 1 saturated heterocycles. The van der Waals surface area contributed by atoms with Crippen molar-refractivity contribution in [1.82, 2.24) is 0 Å². The smallest absolute Gasteiger partial charge is 0.317 e. The van der Waals surface area contributed by atoms with Crippen molar-refractivity contribution in [2.45, 2.75) is 69.8 Å². The van der Waals surface area contributed by atoms with Gasteiger partial charge in [-0.1, -0.05) is 121 Å². The first-order chi connectivity index (χ1) is 23.5. The SMILES string of the molecule is O=C(O)C(CC[C@@H]1O[C@H](COCc2ccccc2)[C@@H](OCc2ccccc2)[C@H](OCc2ccccc2)[C@H]1OCc1ccccc1)C(=O)O. The molecule has 0 unspecified atom stereocenters. The first kappa shape index (κ1) is 34.9. The van der Waals surface area contributed by atoms with Gasteiger partial charge in [0.25, 0.3) is 0 Å². The molecule has 2 N–H and O–H groups in total. The summed E-state index contributed by atoms with van der Waals surface area (Å²) in [6.07, 6.45) is -3.42. The number of hydrogen-bond donors (Lipinski definition) is 2. The Morgan fingerprint density at radius 2 is 0.917 bits per heavy atom. The van der Waals surface area contributed by atoms with E-state index < -0.39 is 48.4 Å². The molecular weight excluding hydrogens is 612 g/mol. The number of carboxylic acid groups (broad SMARTS) is 2. The fraction of sp³-hybridized carbons (Fsp3) is 0.333. The van der Waals surface area contributed by atoms with Gasteiger partial charge in [-0.3, -0.25) is 9.59 Å². The molecule has 1 aliphatic heterocycles. The van der Waals surface area contributed by atoms with Gasteiger partial charge in [0.1, 0.15) is 24.4 Å². The van der Waals surface area contributed by atoms with Gasteiger partial charge in [-0.2, -0.15) is 0 Å². The van der Waals surface area contributed by atoms with Crippen LogP contribution in [0, 0.1) is 5.92 Å². The summed E-state index contributed by atoms with van der Waals surface area (Å²) in [5.41, 5.74) is 3.86. The third kappa shape index (κ3) is 10.3. The summed E-state index contributed by atoms with van der Waals surface area (Å²) in [5.74, 6) is -4.39. The molecule has 5 atom stereocenters. The second kappa shape index (κ2) is 18.2. The van der Waals surface area contributed by atoms with E-state index in [2.05, 4.69) is 0 Å². The average Bonchev–Trinajstić information content (AvgIpc) is 3.11. The summed E-state index contributed by atoms with van der Waals surface area (Å²) in [6, 6.07) is 39.0. The molecule has 0 aromatic heterocycles. The van der Waals surface area contributed by atoms with Gasteiger partial charge in [-0.15, -0.1) is 0 Å². The largest absolute Gasteiger partial charge is 0.481 e. The predicted molar refractivity (Wildman–Crippen MR) is 178 cm³/mol. The number of ether oxygens (including phenoxy) is 5. The van der Waals surface area contributed by atoms with Crippen LogP contribution in [0.4, 0.5) is 0 Å². The van der Waals surface area contributed by atoms with E-state index in [1.54, 1.807) is 0 Å². The third-order valence-corrected chi connectivity index (χ3v) is 8.32. The molecule has 252 valence electrons. The highest BCUT2D eigenvalue weighted by molar-refractivity contribution is 5.92. The minimum atomic E-state index is -1.59. The van der Waals surface area contributed by atoms with Crippen LogP contribution in [0.2, 0.25) is 0 Å². The first-order valence-corrected chi connectivity index (χ1v) is 16.2. The quantitative estimate of drug-likeness (QED) is 0.119. The minimum absolute atomic E-state index is 0.106. The van der Waals surface area contributed by atoms with Gasteiger partial charge in [0.05, 0.1) is 39.1 Å². The number of carboxylic acids is 2. The van der Waals surface area contributed by atoms with Crippen LogP contribution in [0.25, 0.3) is 0 Å². The topological polar surface area (TPSA) is 121 Å². The van der Waals surface area contributed by atoms with Crippen molar-refractivity contribution in [3.63, 3.8) is 0 Å². The van der Waals surface area contributed by atoms with E-state index in [1.807, 2.05) is 121 Å². The van der Waals surface area contributed by atoms with Crippen LogP contribution < -0.4 is 0 Å². The Morgan fingerprint density at radius 1 is 0.542 bits per heavy atom. The maximum absolute atomic E-state index is 11.8. The zero-order chi connectivity index (χ0) is 33.6. The van der Waals surface area contributed by atoms with Crippen molar-refractivity contribution in [3.05, 3.63) is 144 Å². The normalized spacial score (nSPS) is 20.8. The Morgan fingerprint density at radius 3 is 1.33 bits per heavy atom. The summed E-state index contributed by atoms with van der Waals surface area (Å²) < 4.78 is 32.7. The van der Waals surface area contributed by atoms with Crippen LogP contribution in [0.15, 0.2) is 121 Å². The molecule has 0 amide bonds. The van der Waals surface area contributed by atoms with Gasteiger partial charge >= 0.3 is 11.9 Å². The standard InChI is InChI=1S/C39H42O9/c40-38(41)32(39(42)43)21-22-33-35(45-24-29-15-7-2-8-16-29)37(47-26-31-19-11-4-12-20-31)36(46-25-30-17-9-3-10-18-30)34(48-33)27-44-23-28-13-5-1-6-14-28/h1-20,32-37H,21-27H2,(H,40,41)(H,42,43)/t33-,34+,35-,36+,37+/m0/s1. The summed E-state index contributed by atoms with van der Waals surface area (Å²) in [5, 5.41) is 19.3. The fourth-order valence-corrected chi connectivity index (χ4v) is 5.80. The van der Waals surface area contributed by atoms with E-state index >= 15 is 0 Å². The van der Waals surface area contributed by atoms with Gasteiger partial charge in [-0.25, -0.2) is 0 Å². The van der Waals surface area contributed by atoms with Gasteiger partial charge in [0, 0.05) is 0 Å². The lowest BCUT2D eigenvalue weighted by molar-refractivity contribution is -0.274. The average molecular weight is 655 g/mol. The Kier molecular flexibility index (Phi) is 13.3. The Balaban J connectivity index is 1.46. The molecule has 4 aromatic rings. The number of benzene rings is 4. The van der Waals surface area contributed by atoms with E-state index in [0.717, 1.165) is 22.3 Å². The molecular formula is C39H42O9. The summed E-state index contributed by atoms with van der Waals surface area (Å²) in [7, 11) is 0. The van der Waals surface area contributed by atoms with Gasteiger partial charge in [0.15, 0.2) is 5.92 Å². The zero-order valence-electron chi connectivity index (χ0n) is 26.7. The fourth-order valence-electron chi connectivity index (χ4n) is 5.80. The second-order valence-electron chi connectivity index (χ2n) is 11.8. The molecule has 9 nitrogen and oxygen atoms in total. The van der Waals surface area contributed by atoms with Gasteiger partial charge < -0.3 is 33.9 Å². The highest BCUT2D eigenvalue weighted by Crippen LogP contribution is 2.33. The lowest BCUT2D eigenvalue weighted by Gasteiger charge is -2.46. The first-order valence-electron chi connectivity index (χ1n) is 16.2. The summed E-state index contributed by atoms with van der Waals surface area (Å²) in [6.45, 7) is 1.28. The van der Waals surface area contributed by atoms with Crippen LogP contribution in [0.5, 0.6) is 0 Å². The molecule has 0 bridgehead atoms. The predicted octanol–water partition coefficient (Wildman–Crippen LogP) is 6.29. The molecule has 0 saturated carbocycles. The van der Waals surface area contributed by atoms with E-state index in [-0.39, 0.29) is 39.3 Å². The molecule has 1 aliphatic rings. The van der Waals surface area contributed by atoms with Gasteiger partial charge in [0.2, 0.25) is 0 Å². The van der Waals surface area contributed by atoms with Crippen molar-refractivity contribution >= 4 is 11.9 Å². The van der Waals surface area contributed by atoms with E-state index in [0.29, 0.717) is 6.61 Å². The van der Waals surface area contributed by atoms with Crippen LogP contribution in [-0.4, -0.2) is 59.3 Å². The summed E-state index contributed by atoms with van der Waals surface area (Å²) >= 11 is 0. The lowest BCUT2D eigenvalue weighted by Crippen LogP contribution is -2.61. The number of hydrogen-bond acceptors (Lipinski definition) is 7. The Bertz CT molecular complexity index is 1500. The Hall–Kier alpha value is -4.38. The van der Waals surface area contributed by atoms with Crippen LogP contribution in [0.1, 0.15) is 35.1 Å².